The van der Waals surface area contributed by atoms with E-state index in [2.05, 4.69) is 17.6 Å². The summed E-state index contributed by atoms with van der Waals surface area (Å²) in [6.07, 6.45) is 2.44. The lowest BCUT2D eigenvalue weighted by Gasteiger charge is -2.35. The SMILES string of the molecule is CC[C@@H](C)NC(=O)[C@@H]1CSC2(CCN(S(=O)(=O)c3ccccc3)CC2)[NH2+]1. The van der Waals surface area contributed by atoms with E-state index in [4.69, 9.17) is 0 Å². The number of piperidine rings is 1. The fourth-order valence-corrected chi connectivity index (χ4v) is 6.43. The monoisotopic (exact) mass is 398 g/mol. The zero-order chi connectivity index (χ0) is 18.8. The first-order valence-corrected chi connectivity index (χ1v) is 11.6. The van der Waals surface area contributed by atoms with Gasteiger partial charge in [0.1, 0.15) is 4.87 Å². The number of nitrogens with zero attached hydrogens (tertiary/aromatic N) is 1. The molecule has 3 rings (SSSR count). The van der Waals surface area contributed by atoms with Crippen molar-refractivity contribution < 1.29 is 18.5 Å². The molecule has 1 aromatic carbocycles. The van der Waals surface area contributed by atoms with E-state index in [9.17, 15) is 13.2 Å². The molecular weight excluding hydrogens is 370 g/mol. The Balaban J connectivity index is 1.60. The maximum absolute atomic E-state index is 12.8. The predicted octanol–water partition coefficient (Wildman–Crippen LogP) is 0.761. The molecule has 2 saturated heterocycles. The Labute approximate surface area is 160 Å². The van der Waals surface area contributed by atoms with E-state index in [1.807, 2.05) is 24.8 Å². The molecule has 2 aliphatic rings. The molecule has 6 nitrogen and oxygen atoms in total. The number of hydrogen-bond donors (Lipinski definition) is 2. The van der Waals surface area contributed by atoms with Crippen molar-refractivity contribution in [2.24, 2.45) is 0 Å². The van der Waals surface area contributed by atoms with Gasteiger partial charge in [0, 0.05) is 32.0 Å². The van der Waals surface area contributed by atoms with E-state index >= 15 is 0 Å². The molecule has 26 heavy (non-hydrogen) atoms. The van der Waals surface area contributed by atoms with Crippen LogP contribution in [0.4, 0.5) is 0 Å². The Kier molecular flexibility index (Phi) is 5.96. The lowest BCUT2D eigenvalue weighted by Crippen LogP contribution is -3.00. The number of benzene rings is 1. The summed E-state index contributed by atoms with van der Waals surface area (Å²) in [6, 6.07) is 8.72. The van der Waals surface area contributed by atoms with Gasteiger partial charge in [-0.25, -0.2) is 8.42 Å². The van der Waals surface area contributed by atoms with Gasteiger partial charge in [0.05, 0.1) is 10.6 Å². The summed E-state index contributed by atoms with van der Waals surface area (Å²) in [5, 5.41) is 5.23. The van der Waals surface area contributed by atoms with Crippen molar-refractivity contribution in [3.63, 3.8) is 0 Å². The van der Waals surface area contributed by atoms with Crippen molar-refractivity contribution in [1.82, 2.24) is 9.62 Å². The third-order valence-corrected chi connectivity index (χ3v) is 8.90. The summed E-state index contributed by atoms with van der Waals surface area (Å²) < 4.78 is 27.1. The Morgan fingerprint density at radius 3 is 2.62 bits per heavy atom. The quantitative estimate of drug-likeness (QED) is 0.767. The topological polar surface area (TPSA) is 83.1 Å². The second-order valence-corrected chi connectivity index (χ2v) is 10.6. The Bertz CT molecular complexity index is 731. The van der Waals surface area contributed by atoms with Gasteiger partial charge < -0.3 is 10.6 Å². The zero-order valence-electron chi connectivity index (χ0n) is 15.3. The maximum Gasteiger partial charge on any atom is 0.279 e. The standard InChI is InChI=1S/C18H27N3O3S2/c1-3-14(2)19-17(22)16-13-25-18(20-16)9-11-21(12-10-18)26(23,24)15-7-5-4-6-8-15/h4-8,14,16,20H,3,9-13H2,1-2H3,(H,19,22)/p+1/t14-,16+/m1/s1. The van der Waals surface area contributed by atoms with Crippen LogP contribution in [-0.2, 0) is 14.8 Å². The molecule has 8 heteroatoms. The van der Waals surface area contributed by atoms with Gasteiger partial charge in [-0.15, -0.1) is 0 Å². The van der Waals surface area contributed by atoms with Crippen LogP contribution in [0.25, 0.3) is 0 Å². The molecule has 1 aromatic rings. The molecular formula is C18H28N3O3S2+. The summed E-state index contributed by atoms with van der Waals surface area (Å²) in [5.74, 6) is 0.885. The molecule has 2 fully saturated rings. The lowest BCUT2D eigenvalue weighted by molar-refractivity contribution is -0.714. The van der Waals surface area contributed by atoms with Crippen molar-refractivity contribution in [1.29, 1.82) is 0 Å². The third kappa shape index (κ3) is 4.08. The van der Waals surface area contributed by atoms with Crippen molar-refractivity contribution in [2.75, 3.05) is 18.8 Å². The Morgan fingerprint density at radius 1 is 1.35 bits per heavy atom. The Morgan fingerprint density at radius 2 is 2.00 bits per heavy atom. The van der Waals surface area contributed by atoms with Crippen LogP contribution in [0.5, 0.6) is 0 Å². The molecule has 1 amide bonds. The van der Waals surface area contributed by atoms with Crippen molar-refractivity contribution in [3.05, 3.63) is 30.3 Å². The van der Waals surface area contributed by atoms with Crippen LogP contribution in [-0.4, -0.2) is 54.4 Å². The van der Waals surface area contributed by atoms with Crippen molar-refractivity contribution in [2.45, 2.75) is 55.0 Å². The van der Waals surface area contributed by atoms with Gasteiger partial charge >= 0.3 is 0 Å². The van der Waals surface area contributed by atoms with E-state index < -0.39 is 10.0 Å². The number of nitrogens with two attached hydrogens (primary N) is 1. The van der Waals surface area contributed by atoms with Gasteiger partial charge in [-0.2, -0.15) is 4.31 Å². The zero-order valence-corrected chi connectivity index (χ0v) is 17.0. The molecule has 2 heterocycles. The number of amides is 1. The fraction of sp³-hybridized carbons (Fsp3) is 0.611. The minimum Gasteiger partial charge on any atom is -0.348 e. The molecule has 0 bridgehead atoms. The molecule has 0 saturated carbocycles. The van der Waals surface area contributed by atoms with Crippen LogP contribution in [0.1, 0.15) is 33.1 Å². The number of sulfonamides is 1. The van der Waals surface area contributed by atoms with Gasteiger partial charge in [0.2, 0.25) is 10.0 Å². The van der Waals surface area contributed by atoms with Crippen molar-refractivity contribution >= 4 is 27.7 Å². The summed E-state index contributed by atoms with van der Waals surface area (Å²) in [7, 11) is -3.43. The van der Waals surface area contributed by atoms with Gasteiger partial charge in [0.15, 0.2) is 6.04 Å². The van der Waals surface area contributed by atoms with Crippen LogP contribution in [0, 0.1) is 0 Å². The van der Waals surface area contributed by atoms with Gasteiger partial charge in [-0.3, -0.25) is 4.79 Å². The largest absolute Gasteiger partial charge is 0.348 e. The number of nitrogens with one attached hydrogen (secondary N) is 1. The summed E-state index contributed by atoms with van der Waals surface area (Å²) in [6.45, 7) is 5.08. The number of quaternary nitrogens is 1. The van der Waals surface area contributed by atoms with Gasteiger partial charge in [0.25, 0.3) is 5.91 Å². The number of rotatable bonds is 5. The van der Waals surface area contributed by atoms with E-state index in [0.29, 0.717) is 18.0 Å². The first kappa shape index (κ1) is 19.7. The second-order valence-electron chi connectivity index (χ2n) is 7.18. The minimum absolute atomic E-state index is 0.0693. The summed E-state index contributed by atoms with van der Waals surface area (Å²) in [5.41, 5.74) is 0. The first-order chi connectivity index (χ1) is 12.4. The highest BCUT2D eigenvalue weighted by Crippen LogP contribution is 2.35. The van der Waals surface area contributed by atoms with E-state index in [1.165, 1.54) is 0 Å². The van der Waals surface area contributed by atoms with Gasteiger partial charge in [-0.1, -0.05) is 36.9 Å². The van der Waals surface area contributed by atoms with Crippen molar-refractivity contribution in [3.8, 4) is 0 Å². The minimum atomic E-state index is -3.43. The molecule has 2 atom stereocenters. The van der Waals surface area contributed by atoms with Gasteiger partial charge in [-0.05, 0) is 25.5 Å². The van der Waals surface area contributed by atoms with E-state index in [-0.39, 0.29) is 22.9 Å². The van der Waals surface area contributed by atoms with Crippen LogP contribution in [0.15, 0.2) is 35.2 Å². The molecule has 144 valence electrons. The molecule has 1 spiro atoms. The highest BCUT2D eigenvalue weighted by Gasteiger charge is 2.49. The molecule has 3 N–H and O–H groups in total. The second kappa shape index (κ2) is 7.88. The summed E-state index contributed by atoms with van der Waals surface area (Å²) in [4.78, 5) is 12.7. The Hall–Kier alpha value is -1.09. The van der Waals surface area contributed by atoms with E-state index in [1.54, 1.807) is 28.6 Å². The van der Waals surface area contributed by atoms with E-state index in [0.717, 1.165) is 25.0 Å². The smallest absolute Gasteiger partial charge is 0.279 e. The number of carbonyl (C=O) groups excluding carboxylic acids is 1. The fourth-order valence-electron chi connectivity index (χ4n) is 3.48. The predicted molar refractivity (Wildman–Crippen MR) is 103 cm³/mol. The van der Waals surface area contributed by atoms with Crippen LogP contribution in [0.3, 0.4) is 0 Å². The molecule has 0 unspecified atom stereocenters. The number of thioether (sulfide) groups is 1. The molecule has 0 aromatic heterocycles. The molecule has 2 aliphatic heterocycles. The maximum atomic E-state index is 12.8. The van der Waals surface area contributed by atoms with Crippen LogP contribution >= 0.6 is 11.8 Å². The highest BCUT2D eigenvalue weighted by atomic mass is 32.2. The summed E-state index contributed by atoms with van der Waals surface area (Å²) >= 11 is 1.81. The normalized spacial score (nSPS) is 24.5. The number of carbonyl (C=O) groups is 1. The lowest BCUT2D eigenvalue weighted by atomic mass is 10.0. The average molecular weight is 399 g/mol. The number of hydrogen-bond acceptors (Lipinski definition) is 4. The first-order valence-electron chi connectivity index (χ1n) is 9.22. The molecule has 0 radical (unpaired) electrons. The van der Waals surface area contributed by atoms with Crippen LogP contribution < -0.4 is 10.6 Å². The third-order valence-electron chi connectivity index (χ3n) is 5.34. The highest BCUT2D eigenvalue weighted by molar-refractivity contribution is 8.00. The average Bonchev–Trinajstić information content (AvgIpc) is 3.06. The molecule has 0 aliphatic carbocycles. The van der Waals surface area contributed by atoms with Crippen LogP contribution in [0.2, 0.25) is 0 Å².